The second-order valence-electron chi connectivity index (χ2n) is 6.66. The number of nitrogens with one attached hydrogen (secondary N) is 1. The van der Waals surface area contributed by atoms with Crippen molar-refractivity contribution in [3.05, 3.63) is 28.8 Å². The van der Waals surface area contributed by atoms with Crippen molar-refractivity contribution < 1.29 is 9.53 Å². The molecular formula is C19H30N2O2. The second kappa shape index (κ2) is 8.34. The molecule has 1 atom stereocenters. The predicted octanol–water partition coefficient (Wildman–Crippen LogP) is 2.98. The first-order valence-corrected chi connectivity index (χ1v) is 8.72. The molecule has 128 valence electrons. The quantitative estimate of drug-likeness (QED) is 0.786. The number of likely N-dealkylation sites (tertiary alicyclic amines) is 1. The molecule has 0 bridgehead atoms. The smallest absolute Gasteiger partial charge is 0.260 e. The van der Waals surface area contributed by atoms with Crippen LogP contribution in [0.25, 0.3) is 0 Å². The lowest BCUT2D eigenvalue weighted by Gasteiger charge is -2.18. The summed E-state index contributed by atoms with van der Waals surface area (Å²) >= 11 is 0. The molecule has 1 aromatic carbocycles. The molecule has 2 rings (SSSR count). The molecule has 1 saturated heterocycles. The molecule has 0 spiro atoms. The van der Waals surface area contributed by atoms with E-state index >= 15 is 0 Å². The monoisotopic (exact) mass is 318 g/mol. The van der Waals surface area contributed by atoms with Crippen LogP contribution < -0.4 is 10.1 Å². The zero-order valence-corrected chi connectivity index (χ0v) is 14.9. The minimum atomic E-state index is -0.471. The molecule has 1 amide bonds. The SMILES string of the molecule is Cc1cc(C)c(C)c(O[C@@H](C)C(=O)NCCCN2CCCC2)c1. The van der Waals surface area contributed by atoms with Gasteiger partial charge in [-0.25, -0.2) is 0 Å². The summed E-state index contributed by atoms with van der Waals surface area (Å²) in [6.45, 7) is 12.2. The Morgan fingerprint density at radius 2 is 1.96 bits per heavy atom. The van der Waals surface area contributed by atoms with E-state index in [0.29, 0.717) is 0 Å². The van der Waals surface area contributed by atoms with Gasteiger partial charge in [-0.05, 0) is 89.3 Å². The van der Waals surface area contributed by atoms with Crippen LogP contribution in [0.1, 0.15) is 42.9 Å². The highest BCUT2D eigenvalue weighted by Crippen LogP contribution is 2.24. The number of carbonyl (C=O) groups excluding carboxylic acids is 1. The lowest BCUT2D eigenvalue weighted by Crippen LogP contribution is -2.37. The number of rotatable bonds is 7. The standard InChI is InChI=1S/C19H30N2O2/c1-14-12-15(2)16(3)18(13-14)23-17(4)19(22)20-8-7-11-21-9-5-6-10-21/h12-13,17H,5-11H2,1-4H3,(H,20,22)/t17-/m0/s1. The van der Waals surface area contributed by atoms with Gasteiger partial charge in [0.2, 0.25) is 0 Å². The van der Waals surface area contributed by atoms with Gasteiger partial charge in [0.1, 0.15) is 5.75 Å². The maximum Gasteiger partial charge on any atom is 0.260 e. The zero-order valence-electron chi connectivity index (χ0n) is 14.9. The fourth-order valence-corrected chi connectivity index (χ4v) is 3.03. The molecule has 0 unspecified atom stereocenters. The van der Waals surface area contributed by atoms with Crippen molar-refractivity contribution in [2.24, 2.45) is 0 Å². The van der Waals surface area contributed by atoms with Gasteiger partial charge in [0, 0.05) is 6.54 Å². The Morgan fingerprint density at radius 1 is 1.26 bits per heavy atom. The number of ether oxygens (including phenoxy) is 1. The summed E-state index contributed by atoms with van der Waals surface area (Å²) in [5.74, 6) is 0.771. The van der Waals surface area contributed by atoms with Gasteiger partial charge in [0.25, 0.3) is 5.91 Å². The van der Waals surface area contributed by atoms with Crippen LogP contribution >= 0.6 is 0 Å². The van der Waals surface area contributed by atoms with Crippen LogP contribution in [-0.2, 0) is 4.79 Å². The predicted molar refractivity (Wildman–Crippen MR) is 94.0 cm³/mol. The van der Waals surface area contributed by atoms with Crippen molar-refractivity contribution >= 4 is 5.91 Å². The van der Waals surface area contributed by atoms with Crippen LogP contribution in [0.5, 0.6) is 5.75 Å². The summed E-state index contributed by atoms with van der Waals surface area (Å²) in [4.78, 5) is 14.6. The normalized spacial score (nSPS) is 16.3. The van der Waals surface area contributed by atoms with Crippen molar-refractivity contribution in [1.82, 2.24) is 10.2 Å². The number of amides is 1. The maximum atomic E-state index is 12.2. The molecule has 1 fully saturated rings. The fourth-order valence-electron chi connectivity index (χ4n) is 3.03. The maximum absolute atomic E-state index is 12.2. The molecule has 0 aliphatic carbocycles. The van der Waals surface area contributed by atoms with Gasteiger partial charge in [0.15, 0.2) is 6.10 Å². The van der Waals surface area contributed by atoms with Gasteiger partial charge in [-0.3, -0.25) is 4.79 Å². The van der Waals surface area contributed by atoms with E-state index in [2.05, 4.69) is 23.2 Å². The van der Waals surface area contributed by atoms with Gasteiger partial charge in [-0.15, -0.1) is 0 Å². The molecule has 0 saturated carbocycles. The molecule has 1 N–H and O–H groups in total. The Morgan fingerprint density at radius 3 is 2.65 bits per heavy atom. The summed E-state index contributed by atoms with van der Waals surface area (Å²) < 4.78 is 5.88. The largest absolute Gasteiger partial charge is 0.481 e. The minimum Gasteiger partial charge on any atom is -0.481 e. The van der Waals surface area contributed by atoms with Crippen molar-refractivity contribution in [1.29, 1.82) is 0 Å². The minimum absolute atomic E-state index is 0.0371. The van der Waals surface area contributed by atoms with E-state index in [0.717, 1.165) is 36.4 Å². The number of hydrogen-bond donors (Lipinski definition) is 1. The van der Waals surface area contributed by atoms with Crippen LogP contribution in [-0.4, -0.2) is 43.1 Å². The summed E-state index contributed by atoms with van der Waals surface area (Å²) in [5.41, 5.74) is 3.45. The topological polar surface area (TPSA) is 41.6 Å². The fraction of sp³-hybridized carbons (Fsp3) is 0.632. The van der Waals surface area contributed by atoms with Crippen molar-refractivity contribution in [2.45, 2.75) is 53.1 Å². The van der Waals surface area contributed by atoms with E-state index in [-0.39, 0.29) is 5.91 Å². The lowest BCUT2D eigenvalue weighted by molar-refractivity contribution is -0.127. The Labute approximate surface area is 140 Å². The number of carbonyl (C=O) groups is 1. The third kappa shape index (κ3) is 5.24. The van der Waals surface area contributed by atoms with E-state index < -0.39 is 6.10 Å². The van der Waals surface area contributed by atoms with E-state index in [1.165, 1.54) is 31.5 Å². The van der Waals surface area contributed by atoms with Crippen LogP contribution in [0.2, 0.25) is 0 Å². The molecule has 1 aliphatic rings. The first-order valence-electron chi connectivity index (χ1n) is 8.72. The summed E-state index contributed by atoms with van der Waals surface area (Å²) in [6.07, 6.45) is 3.15. The van der Waals surface area contributed by atoms with Gasteiger partial charge in [-0.2, -0.15) is 0 Å². The Kier molecular flexibility index (Phi) is 6.46. The van der Waals surface area contributed by atoms with Gasteiger partial charge >= 0.3 is 0 Å². The molecule has 4 heteroatoms. The third-order valence-electron chi connectivity index (χ3n) is 4.59. The van der Waals surface area contributed by atoms with Crippen LogP contribution in [0.15, 0.2) is 12.1 Å². The van der Waals surface area contributed by atoms with Crippen molar-refractivity contribution in [3.63, 3.8) is 0 Å². The summed E-state index contributed by atoms with van der Waals surface area (Å²) in [7, 11) is 0. The van der Waals surface area contributed by atoms with E-state index in [1.54, 1.807) is 0 Å². The van der Waals surface area contributed by atoms with Crippen molar-refractivity contribution in [2.75, 3.05) is 26.2 Å². The summed E-state index contributed by atoms with van der Waals surface area (Å²) in [6, 6.07) is 4.13. The first kappa shape index (κ1) is 17.8. The highest BCUT2D eigenvalue weighted by Gasteiger charge is 2.16. The molecular weight excluding hydrogens is 288 g/mol. The zero-order chi connectivity index (χ0) is 16.8. The Hall–Kier alpha value is -1.55. The van der Waals surface area contributed by atoms with E-state index in [4.69, 9.17) is 4.74 Å². The Balaban J connectivity index is 1.76. The number of nitrogens with zero attached hydrogens (tertiary/aromatic N) is 1. The number of benzene rings is 1. The Bertz CT molecular complexity index is 536. The second-order valence-corrected chi connectivity index (χ2v) is 6.66. The number of hydrogen-bond acceptors (Lipinski definition) is 3. The van der Waals surface area contributed by atoms with Gasteiger partial charge in [-0.1, -0.05) is 6.07 Å². The molecule has 23 heavy (non-hydrogen) atoms. The molecule has 0 radical (unpaired) electrons. The molecule has 4 nitrogen and oxygen atoms in total. The van der Waals surface area contributed by atoms with Crippen LogP contribution in [0.3, 0.4) is 0 Å². The highest BCUT2D eigenvalue weighted by atomic mass is 16.5. The van der Waals surface area contributed by atoms with Crippen molar-refractivity contribution in [3.8, 4) is 5.75 Å². The van der Waals surface area contributed by atoms with Crippen LogP contribution in [0.4, 0.5) is 0 Å². The van der Waals surface area contributed by atoms with E-state index in [1.807, 2.05) is 26.8 Å². The van der Waals surface area contributed by atoms with Gasteiger partial charge in [0.05, 0.1) is 0 Å². The number of aryl methyl sites for hydroxylation is 2. The average molecular weight is 318 g/mol. The first-order chi connectivity index (χ1) is 11.0. The van der Waals surface area contributed by atoms with E-state index in [9.17, 15) is 4.79 Å². The molecule has 1 aromatic rings. The molecule has 1 aliphatic heterocycles. The van der Waals surface area contributed by atoms with Crippen LogP contribution in [0, 0.1) is 20.8 Å². The lowest BCUT2D eigenvalue weighted by atomic mass is 10.1. The molecule has 0 aromatic heterocycles. The third-order valence-corrected chi connectivity index (χ3v) is 4.59. The van der Waals surface area contributed by atoms with Gasteiger partial charge < -0.3 is 15.0 Å². The summed E-state index contributed by atoms with van der Waals surface area (Å²) in [5, 5.41) is 2.98. The highest BCUT2D eigenvalue weighted by molar-refractivity contribution is 5.80. The average Bonchev–Trinajstić information content (AvgIpc) is 3.01. The molecule has 1 heterocycles.